The average Bonchev–Trinajstić information content (AvgIpc) is 2.09. The number of guanidine groups is 1. The van der Waals surface area contributed by atoms with Gasteiger partial charge in [0, 0.05) is 6.54 Å². The van der Waals surface area contributed by atoms with Crippen LogP contribution in [-0.4, -0.2) is 30.6 Å². The zero-order valence-electron chi connectivity index (χ0n) is 11.0. The predicted octanol–water partition coefficient (Wildman–Crippen LogP) is 1.03. The fourth-order valence-electron chi connectivity index (χ4n) is 1.53. The topological polar surface area (TPSA) is 76.7 Å². The van der Waals surface area contributed by atoms with Gasteiger partial charge in [0.05, 0.1) is 0 Å². The van der Waals surface area contributed by atoms with Gasteiger partial charge in [0.2, 0.25) is 0 Å². The molecule has 0 aliphatic heterocycles. The van der Waals surface area contributed by atoms with Gasteiger partial charge in [-0.1, -0.05) is 6.42 Å². The number of esters is 1. The first-order chi connectivity index (χ1) is 7.87. The monoisotopic (exact) mass is 241 g/mol. The second-order valence-electron chi connectivity index (χ2n) is 5.47. The van der Waals surface area contributed by atoms with Gasteiger partial charge in [-0.2, -0.15) is 0 Å². The Hall–Kier alpha value is -1.26. The number of aliphatic imine (C=N–C) groups is 1. The highest BCUT2D eigenvalue weighted by molar-refractivity contribution is 5.81. The summed E-state index contributed by atoms with van der Waals surface area (Å²) in [6.45, 7) is 6.30. The molecule has 0 atom stereocenters. The molecule has 0 spiro atoms. The lowest BCUT2D eigenvalue weighted by atomic mass is 9.85. The molecule has 5 nitrogen and oxygen atoms in total. The Morgan fingerprint density at radius 3 is 2.59 bits per heavy atom. The molecule has 1 aliphatic carbocycles. The average molecular weight is 241 g/mol. The van der Waals surface area contributed by atoms with Crippen molar-refractivity contribution in [1.29, 1.82) is 0 Å². The van der Waals surface area contributed by atoms with Gasteiger partial charge in [0.15, 0.2) is 5.96 Å². The van der Waals surface area contributed by atoms with Gasteiger partial charge < -0.3 is 15.8 Å². The maximum Gasteiger partial charge on any atom is 0.328 e. The van der Waals surface area contributed by atoms with Crippen LogP contribution in [-0.2, 0) is 9.53 Å². The molecular formula is C12H23N3O2. The molecule has 0 unspecified atom stereocenters. The third-order valence-electron chi connectivity index (χ3n) is 2.60. The maximum atomic E-state index is 11.4. The molecule has 98 valence electrons. The zero-order chi connectivity index (χ0) is 12.9. The number of nitrogens with zero attached hydrogens (tertiary/aromatic N) is 1. The third kappa shape index (κ3) is 6.14. The lowest BCUT2D eigenvalue weighted by Gasteiger charge is -2.25. The van der Waals surface area contributed by atoms with Gasteiger partial charge in [0.1, 0.15) is 12.1 Å². The summed E-state index contributed by atoms with van der Waals surface area (Å²) >= 11 is 0. The number of rotatable bonds is 4. The first-order valence-corrected chi connectivity index (χ1v) is 6.12. The quantitative estimate of drug-likeness (QED) is 0.438. The van der Waals surface area contributed by atoms with Crippen molar-refractivity contribution in [1.82, 2.24) is 5.32 Å². The van der Waals surface area contributed by atoms with Crippen LogP contribution in [0.1, 0.15) is 40.0 Å². The van der Waals surface area contributed by atoms with Crippen LogP contribution in [0.15, 0.2) is 4.99 Å². The van der Waals surface area contributed by atoms with Crippen LogP contribution in [0.3, 0.4) is 0 Å². The number of nitrogens with one attached hydrogen (secondary N) is 1. The van der Waals surface area contributed by atoms with E-state index in [9.17, 15) is 4.79 Å². The van der Waals surface area contributed by atoms with Crippen LogP contribution in [0.2, 0.25) is 0 Å². The summed E-state index contributed by atoms with van der Waals surface area (Å²) in [5.74, 6) is 0.680. The van der Waals surface area contributed by atoms with E-state index >= 15 is 0 Å². The van der Waals surface area contributed by atoms with E-state index in [-0.39, 0.29) is 12.5 Å². The van der Waals surface area contributed by atoms with E-state index in [2.05, 4.69) is 10.3 Å². The highest BCUT2D eigenvalue weighted by Crippen LogP contribution is 2.24. The maximum absolute atomic E-state index is 11.4. The molecule has 0 aromatic rings. The van der Waals surface area contributed by atoms with Gasteiger partial charge in [0.25, 0.3) is 0 Å². The summed E-state index contributed by atoms with van der Waals surface area (Å²) in [6.07, 6.45) is 3.82. The SMILES string of the molecule is CC(C)(C)OC(=O)CN=C(N)NCC1CCC1. The van der Waals surface area contributed by atoms with Crippen LogP contribution in [0.5, 0.6) is 0 Å². The van der Waals surface area contributed by atoms with Gasteiger partial charge in [-0.15, -0.1) is 0 Å². The van der Waals surface area contributed by atoms with E-state index in [1.807, 2.05) is 20.8 Å². The van der Waals surface area contributed by atoms with Gasteiger partial charge in [-0.25, -0.2) is 4.99 Å². The molecule has 5 heteroatoms. The van der Waals surface area contributed by atoms with Crippen molar-refractivity contribution >= 4 is 11.9 Å². The first-order valence-electron chi connectivity index (χ1n) is 6.12. The van der Waals surface area contributed by atoms with Crippen molar-refractivity contribution in [3.8, 4) is 0 Å². The van der Waals surface area contributed by atoms with Crippen molar-refractivity contribution in [2.24, 2.45) is 16.6 Å². The van der Waals surface area contributed by atoms with E-state index in [0.29, 0.717) is 11.9 Å². The Morgan fingerprint density at radius 1 is 1.47 bits per heavy atom. The van der Waals surface area contributed by atoms with Crippen molar-refractivity contribution < 1.29 is 9.53 Å². The summed E-state index contributed by atoms with van der Waals surface area (Å²) in [6, 6.07) is 0. The second kappa shape index (κ2) is 5.89. The number of hydrogen-bond donors (Lipinski definition) is 2. The molecule has 1 rings (SSSR count). The van der Waals surface area contributed by atoms with E-state index in [4.69, 9.17) is 10.5 Å². The lowest BCUT2D eigenvalue weighted by molar-refractivity contribution is -0.152. The van der Waals surface area contributed by atoms with E-state index < -0.39 is 5.60 Å². The van der Waals surface area contributed by atoms with E-state index in [1.165, 1.54) is 19.3 Å². The van der Waals surface area contributed by atoms with Crippen LogP contribution in [0.4, 0.5) is 0 Å². The zero-order valence-corrected chi connectivity index (χ0v) is 11.0. The minimum atomic E-state index is -0.472. The van der Waals surface area contributed by atoms with E-state index in [1.54, 1.807) is 0 Å². The third-order valence-corrected chi connectivity index (χ3v) is 2.60. The Kier molecular flexibility index (Phi) is 4.78. The largest absolute Gasteiger partial charge is 0.459 e. The molecular weight excluding hydrogens is 218 g/mol. The molecule has 0 amide bonds. The van der Waals surface area contributed by atoms with E-state index in [0.717, 1.165) is 6.54 Å². The van der Waals surface area contributed by atoms with Crippen molar-refractivity contribution in [3.05, 3.63) is 0 Å². The summed E-state index contributed by atoms with van der Waals surface area (Å²) in [5.41, 5.74) is 5.17. The summed E-state index contributed by atoms with van der Waals surface area (Å²) in [4.78, 5) is 15.3. The highest BCUT2D eigenvalue weighted by atomic mass is 16.6. The lowest BCUT2D eigenvalue weighted by Crippen LogP contribution is -2.38. The van der Waals surface area contributed by atoms with Crippen molar-refractivity contribution in [2.75, 3.05) is 13.1 Å². The Bertz CT molecular complexity index is 291. The van der Waals surface area contributed by atoms with Crippen LogP contribution < -0.4 is 11.1 Å². The molecule has 0 aromatic carbocycles. The second-order valence-corrected chi connectivity index (χ2v) is 5.47. The molecule has 17 heavy (non-hydrogen) atoms. The number of carbonyl (C=O) groups is 1. The fraction of sp³-hybridized carbons (Fsp3) is 0.833. The molecule has 1 fully saturated rings. The summed E-state index contributed by atoms with van der Waals surface area (Å²) in [7, 11) is 0. The number of ether oxygens (including phenoxy) is 1. The molecule has 0 aromatic heterocycles. The molecule has 1 aliphatic rings. The number of carbonyl (C=O) groups excluding carboxylic acids is 1. The van der Waals surface area contributed by atoms with Crippen molar-refractivity contribution in [3.63, 3.8) is 0 Å². The van der Waals surface area contributed by atoms with Gasteiger partial charge >= 0.3 is 5.97 Å². The minimum absolute atomic E-state index is 0.0270. The molecule has 0 heterocycles. The number of hydrogen-bond acceptors (Lipinski definition) is 3. The smallest absolute Gasteiger partial charge is 0.328 e. The predicted molar refractivity (Wildman–Crippen MR) is 67.7 cm³/mol. The highest BCUT2D eigenvalue weighted by Gasteiger charge is 2.17. The summed E-state index contributed by atoms with van der Waals surface area (Å²) < 4.78 is 5.12. The molecule has 0 saturated heterocycles. The Labute approximate surface area is 103 Å². The Balaban J connectivity index is 2.19. The molecule has 0 bridgehead atoms. The van der Waals surface area contributed by atoms with Crippen LogP contribution in [0.25, 0.3) is 0 Å². The molecule has 0 radical (unpaired) electrons. The van der Waals surface area contributed by atoms with Crippen LogP contribution >= 0.6 is 0 Å². The van der Waals surface area contributed by atoms with Crippen LogP contribution in [0, 0.1) is 5.92 Å². The number of nitrogens with two attached hydrogens (primary N) is 1. The minimum Gasteiger partial charge on any atom is -0.459 e. The normalized spacial score (nSPS) is 17.5. The van der Waals surface area contributed by atoms with Crippen molar-refractivity contribution in [2.45, 2.75) is 45.6 Å². The molecule has 1 saturated carbocycles. The fourth-order valence-corrected chi connectivity index (χ4v) is 1.53. The molecule has 3 N–H and O–H groups in total. The van der Waals surface area contributed by atoms with Gasteiger partial charge in [-0.3, -0.25) is 4.79 Å². The Morgan fingerprint density at radius 2 is 2.12 bits per heavy atom. The first kappa shape index (κ1) is 13.8. The summed E-state index contributed by atoms with van der Waals surface area (Å²) in [5, 5.41) is 3.02. The standard InChI is InChI=1S/C12H23N3O2/c1-12(2,3)17-10(16)8-15-11(13)14-7-9-5-4-6-9/h9H,4-8H2,1-3H3,(H3,13,14,15). The van der Waals surface area contributed by atoms with Gasteiger partial charge in [-0.05, 0) is 39.5 Å².